The van der Waals surface area contributed by atoms with E-state index in [2.05, 4.69) is 15.6 Å². The second kappa shape index (κ2) is 7.95. The van der Waals surface area contributed by atoms with Crippen molar-refractivity contribution < 1.29 is 18.0 Å². The highest BCUT2D eigenvalue weighted by Crippen LogP contribution is 2.30. The summed E-state index contributed by atoms with van der Waals surface area (Å²) >= 11 is 1.28. The van der Waals surface area contributed by atoms with Gasteiger partial charge in [0.05, 0.1) is 12.2 Å². The van der Waals surface area contributed by atoms with E-state index in [9.17, 15) is 18.0 Å². The van der Waals surface area contributed by atoms with Crippen molar-refractivity contribution in [2.24, 2.45) is 0 Å². The maximum Gasteiger partial charge on any atom is 0.281 e. The summed E-state index contributed by atoms with van der Waals surface area (Å²) in [7, 11) is -0.483. The molecule has 2 aromatic rings. The standard InChI is InChI=1S/C17H21N5O4S2/c1-11(23)18-13-6-4-12(5-7-13)16(24)20-17-19-14-8-9-22(10-15(14)27-17)28(25,26)21(2)3/h4-7H,8-10H2,1-3H3,(H,18,23)(H,19,20,24). The minimum atomic E-state index is -3.48. The SMILES string of the molecule is CC(=O)Nc1ccc(C(=O)Nc2nc3c(s2)CN(S(=O)(=O)N(C)C)CC3)cc1. The molecule has 3 rings (SSSR count). The first-order valence-electron chi connectivity index (χ1n) is 8.52. The van der Waals surface area contributed by atoms with Crippen LogP contribution in [0.25, 0.3) is 0 Å². The Kier molecular flexibility index (Phi) is 5.79. The zero-order valence-electron chi connectivity index (χ0n) is 15.7. The van der Waals surface area contributed by atoms with E-state index in [1.807, 2.05) is 0 Å². The summed E-state index contributed by atoms with van der Waals surface area (Å²) in [6.45, 7) is 2.01. The van der Waals surface area contributed by atoms with Gasteiger partial charge in [0, 0.05) is 50.1 Å². The van der Waals surface area contributed by atoms with Gasteiger partial charge >= 0.3 is 0 Å². The van der Waals surface area contributed by atoms with Gasteiger partial charge in [-0.25, -0.2) is 4.98 Å². The van der Waals surface area contributed by atoms with Crippen LogP contribution in [-0.2, 0) is 28.0 Å². The molecule has 2 N–H and O–H groups in total. The maximum atomic E-state index is 12.4. The number of carbonyl (C=O) groups excluding carboxylic acids is 2. The van der Waals surface area contributed by atoms with Crippen LogP contribution in [0.15, 0.2) is 24.3 Å². The van der Waals surface area contributed by atoms with Crippen molar-refractivity contribution in [1.82, 2.24) is 13.6 Å². The Morgan fingerprint density at radius 1 is 1.18 bits per heavy atom. The first kappa shape index (κ1) is 20.4. The third-order valence-electron chi connectivity index (χ3n) is 4.17. The Labute approximate surface area is 167 Å². The molecular formula is C17H21N5O4S2. The summed E-state index contributed by atoms with van der Waals surface area (Å²) in [6, 6.07) is 6.51. The van der Waals surface area contributed by atoms with Crippen LogP contribution in [-0.4, -0.2) is 54.5 Å². The number of rotatable bonds is 5. The predicted octanol–water partition coefficient (Wildman–Crippen LogP) is 1.52. The molecule has 0 saturated heterocycles. The van der Waals surface area contributed by atoms with E-state index < -0.39 is 10.2 Å². The lowest BCUT2D eigenvalue weighted by atomic mass is 10.2. The quantitative estimate of drug-likeness (QED) is 0.757. The Bertz CT molecular complexity index is 999. The van der Waals surface area contributed by atoms with Crippen molar-refractivity contribution in [3.8, 4) is 0 Å². The van der Waals surface area contributed by atoms with Crippen LogP contribution in [0.2, 0.25) is 0 Å². The molecule has 0 spiro atoms. The molecule has 1 aromatic heterocycles. The number of anilines is 2. The minimum Gasteiger partial charge on any atom is -0.326 e. The number of benzene rings is 1. The highest BCUT2D eigenvalue weighted by Gasteiger charge is 2.30. The van der Waals surface area contributed by atoms with Gasteiger partial charge in [0.25, 0.3) is 16.1 Å². The van der Waals surface area contributed by atoms with Crippen molar-refractivity contribution >= 4 is 44.2 Å². The number of hydrogen-bond donors (Lipinski definition) is 2. The third-order valence-corrected chi connectivity index (χ3v) is 7.06. The molecule has 1 aromatic carbocycles. The fourth-order valence-corrected chi connectivity index (χ4v) is 4.91. The molecule has 0 aliphatic carbocycles. The fourth-order valence-electron chi connectivity index (χ4n) is 2.73. The highest BCUT2D eigenvalue weighted by molar-refractivity contribution is 7.86. The summed E-state index contributed by atoms with van der Waals surface area (Å²) in [5.41, 5.74) is 1.85. The molecule has 0 bridgehead atoms. The number of fused-ring (bicyclic) bond motifs is 1. The summed E-state index contributed by atoms with van der Waals surface area (Å²) in [5, 5.41) is 5.83. The van der Waals surface area contributed by atoms with Gasteiger partial charge in [-0.3, -0.25) is 14.9 Å². The number of carbonyl (C=O) groups is 2. The molecule has 11 heteroatoms. The van der Waals surface area contributed by atoms with Gasteiger partial charge in [-0.15, -0.1) is 11.3 Å². The van der Waals surface area contributed by atoms with Crippen LogP contribution in [0.3, 0.4) is 0 Å². The molecule has 1 aliphatic heterocycles. The number of thiazole rings is 1. The lowest BCUT2D eigenvalue weighted by Crippen LogP contribution is -2.42. The monoisotopic (exact) mass is 423 g/mol. The molecule has 150 valence electrons. The Morgan fingerprint density at radius 2 is 1.86 bits per heavy atom. The van der Waals surface area contributed by atoms with E-state index in [-0.39, 0.29) is 18.4 Å². The van der Waals surface area contributed by atoms with Crippen molar-refractivity contribution in [2.75, 3.05) is 31.3 Å². The smallest absolute Gasteiger partial charge is 0.281 e. The van der Waals surface area contributed by atoms with E-state index in [1.54, 1.807) is 24.3 Å². The number of amides is 2. The van der Waals surface area contributed by atoms with Crippen LogP contribution < -0.4 is 10.6 Å². The van der Waals surface area contributed by atoms with Crippen molar-refractivity contribution in [2.45, 2.75) is 19.9 Å². The van der Waals surface area contributed by atoms with Gasteiger partial charge in [-0.1, -0.05) is 0 Å². The van der Waals surface area contributed by atoms with E-state index in [0.29, 0.717) is 29.3 Å². The summed E-state index contributed by atoms with van der Waals surface area (Å²) in [6.07, 6.45) is 0.500. The Balaban J connectivity index is 1.69. The largest absolute Gasteiger partial charge is 0.326 e. The first-order chi connectivity index (χ1) is 13.2. The van der Waals surface area contributed by atoms with Crippen LogP contribution in [0.5, 0.6) is 0 Å². The summed E-state index contributed by atoms with van der Waals surface area (Å²) in [5.74, 6) is -0.505. The predicted molar refractivity (Wildman–Crippen MR) is 108 cm³/mol. The number of nitrogens with one attached hydrogen (secondary N) is 2. The van der Waals surface area contributed by atoms with E-state index >= 15 is 0 Å². The first-order valence-corrected chi connectivity index (χ1v) is 10.7. The molecule has 0 atom stereocenters. The molecule has 2 heterocycles. The molecule has 0 unspecified atom stereocenters. The van der Waals surface area contributed by atoms with Gasteiger partial charge in [-0.2, -0.15) is 17.0 Å². The van der Waals surface area contributed by atoms with Crippen molar-refractivity contribution in [3.63, 3.8) is 0 Å². The number of hydrogen-bond acceptors (Lipinski definition) is 6. The van der Waals surface area contributed by atoms with Crippen molar-refractivity contribution in [1.29, 1.82) is 0 Å². The average Bonchev–Trinajstić information content (AvgIpc) is 3.02. The molecular weight excluding hydrogens is 402 g/mol. The van der Waals surface area contributed by atoms with Gasteiger partial charge in [0.2, 0.25) is 5.91 Å². The lowest BCUT2D eigenvalue weighted by molar-refractivity contribution is -0.114. The maximum absolute atomic E-state index is 12.4. The molecule has 2 amide bonds. The summed E-state index contributed by atoms with van der Waals surface area (Å²) in [4.78, 5) is 28.7. The lowest BCUT2D eigenvalue weighted by Gasteiger charge is -2.27. The zero-order chi connectivity index (χ0) is 20.5. The number of aromatic nitrogens is 1. The van der Waals surface area contributed by atoms with Gasteiger partial charge in [0.1, 0.15) is 0 Å². The molecule has 1 aliphatic rings. The molecule has 0 fully saturated rings. The molecule has 28 heavy (non-hydrogen) atoms. The van der Waals surface area contributed by atoms with E-state index in [0.717, 1.165) is 10.6 Å². The van der Waals surface area contributed by atoms with E-state index in [1.165, 1.54) is 41.0 Å². The highest BCUT2D eigenvalue weighted by atomic mass is 32.2. The van der Waals surface area contributed by atoms with Gasteiger partial charge < -0.3 is 5.32 Å². The minimum absolute atomic E-state index is 0.184. The van der Waals surface area contributed by atoms with Crippen LogP contribution >= 0.6 is 11.3 Å². The number of nitrogens with zero attached hydrogens (tertiary/aromatic N) is 3. The van der Waals surface area contributed by atoms with Gasteiger partial charge in [0.15, 0.2) is 5.13 Å². The van der Waals surface area contributed by atoms with E-state index in [4.69, 9.17) is 0 Å². The molecule has 0 radical (unpaired) electrons. The fraction of sp³-hybridized carbons (Fsp3) is 0.353. The third kappa shape index (κ3) is 4.38. The Morgan fingerprint density at radius 3 is 2.46 bits per heavy atom. The topological polar surface area (TPSA) is 112 Å². The second-order valence-electron chi connectivity index (χ2n) is 6.48. The zero-order valence-corrected chi connectivity index (χ0v) is 17.4. The second-order valence-corrected chi connectivity index (χ2v) is 9.70. The summed E-state index contributed by atoms with van der Waals surface area (Å²) < 4.78 is 27.2. The normalized spacial score (nSPS) is 14.6. The van der Waals surface area contributed by atoms with Crippen LogP contribution in [0, 0.1) is 0 Å². The molecule has 0 saturated carbocycles. The van der Waals surface area contributed by atoms with Crippen molar-refractivity contribution in [3.05, 3.63) is 40.4 Å². The Hall–Kier alpha value is -2.34. The van der Waals surface area contributed by atoms with Crippen LogP contribution in [0.1, 0.15) is 27.9 Å². The molecule has 9 nitrogen and oxygen atoms in total. The van der Waals surface area contributed by atoms with Gasteiger partial charge in [-0.05, 0) is 24.3 Å². The van der Waals surface area contributed by atoms with Crippen LogP contribution in [0.4, 0.5) is 10.8 Å². The average molecular weight is 424 g/mol.